The standard InChI is InChI=1S/C27H34FN3O3/c1-18(2)24(30-26(33)22-10-6-4-8-19(22)3)27(34)31-16-13-21(14-17-31)25(32)29-15-12-20-9-5-7-11-23(20)28/h4-11,18,21,24H,12-17H2,1-3H3,(H,29,32)(H,30,33). The molecule has 182 valence electrons. The fourth-order valence-corrected chi connectivity index (χ4v) is 4.28. The maximum atomic E-state index is 13.7. The highest BCUT2D eigenvalue weighted by atomic mass is 19.1. The first-order valence-corrected chi connectivity index (χ1v) is 11.9. The lowest BCUT2D eigenvalue weighted by molar-refractivity contribution is -0.138. The second-order valence-corrected chi connectivity index (χ2v) is 9.24. The molecule has 0 aliphatic carbocycles. The number of carbonyl (C=O) groups is 3. The molecular weight excluding hydrogens is 433 g/mol. The van der Waals surface area contributed by atoms with Crippen molar-refractivity contribution in [2.75, 3.05) is 19.6 Å². The average molecular weight is 468 g/mol. The Morgan fingerprint density at radius 1 is 1.03 bits per heavy atom. The maximum absolute atomic E-state index is 13.7. The van der Waals surface area contributed by atoms with Gasteiger partial charge in [-0.1, -0.05) is 50.2 Å². The molecule has 1 atom stereocenters. The second kappa shape index (κ2) is 11.8. The van der Waals surface area contributed by atoms with Crippen molar-refractivity contribution in [2.24, 2.45) is 11.8 Å². The van der Waals surface area contributed by atoms with E-state index in [4.69, 9.17) is 0 Å². The topological polar surface area (TPSA) is 78.5 Å². The van der Waals surface area contributed by atoms with Gasteiger partial charge in [0.1, 0.15) is 11.9 Å². The van der Waals surface area contributed by atoms with Crippen LogP contribution < -0.4 is 10.6 Å². The fourth-order valence-electron chi connectivity index (χ4n) is 4.28. The molecule has 1 saturated heterocycles. The summed E-state index contributed by atoms with van der Waals surface area (Å²) < 4.78 is 13.7. The van der Waals surface area contributed by atoms with Crippen LogP contribution in [-0.2, 0) is 16.0 Å². The molecule has 1 unspecified atom stereocenters. The minimum atomic E-state index is -0.627. The van der Waals surface area contributed by atoms with Crippen LogP contribution >= 0.6 is 0 Å². The molecule has 1 aliphatic heterocycles. The molecule has 34 heavy (non-hydrogen) atoms. The van der Waals surface area contributed by atoms with Gasteiger partial charge >= 0.3 is 0 Å². The van der Waals surface area contributed by atoms with Crippen molar-refractivity contribution in [2.45, 2.75) is 46.1 Å². The summed E-state index contributed by atoms with van der Waals surface area (Å²) in [6.07, 6.45) is 1.56. The molecule has 0 spiro atoms. The van der Waals surface area contributed by atoms with Crippen LogP contribution in [0.5, 0.6) is 0 Å². The monoisotopic (exact) mass is 467 g/mol. The van der Waals surface area contributed by atoms with Gasteiger partial charge in [-0.3, -0.25) is 14.4 Å². The first-order chi connectivity index (χ1) is 16.3. The molecule has 2 aromatic rings. The van der Waals surface area contributed by atoms with Crippen LogP contribution in [0, 0.1) is 24.6 Å². The summed E-state index contributed by atoms with van der Waals surface area (Å²) >= 11 is 0. The Hall–Kier alpha value is -3.22. The van der Waals surface area contributed by atoms with Crippen molar-refractivity contribution >= 4 is 17.7 Å². The normalized spacial score (nSPS) is 15.1. The van der Waals surface area contributed by atoms with Crippen molar-refractivity contribution in [3.8, 4) is 0 Å². The van der Waals surface area contributed by atoms with E-state index >= 15 is 0 Å². The smallest absolute Gasteiger partial charge is 0.252 e. The van der Waals surface area contributed by atoms with Gasteiger partial charge < -0.3 is 15.5 Å². The Bertz CT molecular complexity index is 1020. The number of benzene rings is 2. The number of hydrogen-bond donors (Lipinski definition) is 2. The maximum Gasteiger partial charge on any atom is 0.252 e. The van der Waals surface area contributed by atoms with Gasteiger partial charge in [0.2, 0.25) is 11.8 Å². The quantitative estimate of drug-likeness (QED) is 0.624. The van der Waals surface area contributed by atoms with E-state index in [0.29, 0.717) is 50.0 Å². The lowest BCUT2D eigenvalue weighted by Gasteiger charge is -2.35. The number of aryl methyl sites for hydroxylation is 1. The summed E-state index contributed by atoms with van der Waals surface area (Å²) in [6.45, 7) is 7.00. The second-order valence-electron chi connectivity index (χ2n) is 9.24. The van der Waals surface area contributed by atoms with E-state index in [9.17, 15) is 18.8 Å². The Balaban J connectivity index is 1.50. The van der Waals surface area contributed by atoms with E-state index in [1.165, 1.54) is 6.07 Å². The summed E-state index contributed by atoms with van der Waals surface area (Å²) in [5.41, 5.74) is 2.00. The van der Waals surface area contributed by atoms with Crippen LogP contribution in [0.1, 0.15) is 48.2 Å². The number of halogens is 1. The highest BCUT2D eigenvalue weighted by Crippen LogP contribution is 2.20. The van der Waals surface area contributed by atoms with E-state index in [0.717, 1.165) is 5.56 Å². The lowest BCUT2D eigenvalue weighted by atomic mass is 9.94. The van der Waals surface area contributed by atoms with Gasteiger partial charge in [0, 0.05) is 31.1 Å². The first-order valence-electron chi connectivity index (χ1n) is 11.9. The number of piperidine rings is 1. The highest BCUT2D eigenvalue weighted by molar-refractivity contribution is 5.98. The molecule has 3 rings (SSSR count). The number of rotatable bonds is 8. The third-order valence-corrected chi connectivity index (χ3v) is 6.44. The summed E-state index contributed by atoms with van der Waals surface area (Å²) in [5, 5.41) is 5.81. The van der Waals surface area contributed by atoms with Gasteiger partial charge in [-0.05, 0) is 55.4 Å². The predicted molar refractivity (Wildman–Crippen MR) is 130 cm³/mol. The fraction of sp³-hybridized carbons (Fsp3) is 0.444. The molecule has 1 heterocycles. The number of likely N-dealkylation sites (tertiary alicyclic amines) is 1. The summed E-state index contributed by atoms with van der Waals surface area (Å²) in [6, 6.07) is 13.2. The van der Waals surface area contributed by atoms with E-state index in [-0.39, 0.29) is 35.4 Å². The van der Waals surface area contributed by atoms with E-state index in [1.54, 1.807) is 35.2 Å². The summed E-state index contributed by atoms with van der Waals surface area (Å²) in [4.78, 5) is 40.3. The molecule has 0 saturated carbocycles. The molecule has 2 N–H and O–H groups in total. The Morgan fingerprint density at radius 3 is 2.32 bits per heavy atom. The van der Waals surface area contributed by atoms with Gasteiger partial charge in [-0.15, -0.1) is 0 Å². The van der Waals surface area contributed by atoms with Crippen molar-refractivity contribution in [1.29, 1.82) is 0 Å². The predicted octanol–water partition coefficient (Wildman–Crippen LogP) is 3.49. The highest BCUT2D eigenvalue weighted by Gasteiger charge is 2.33. The Morgan fingerprint density at radius 2 is 1.68 bits per heavy atom. The minimum absolute atomic E-state index is 0.0586. The molecule has 1 aliphatic rings. The minimum Gasteiger partial charge on any atom is -0.356 e. The number of amides is 3. The zero-order valence-electron chi connectivity index (χ0n) is 20.1. The van der Waals surface area contributed by atoms with Crippen LogP contribution in [0.3, 0.4) is 0 Å². The van der Waals surface area contributed by atoms with Crippen molar-refractivity contribution in [1.82, 2.24) is 15.5 Å². The number of nitrogens with zero attached hydrogens (tertiary/aromatic N) is 1. The molecule has 7 heteroatoms. The molecule has 1 fully saturated rings. The average Bonchev–Trinajstić information content (AvgIpc) is 2.83. The SMILES string of the molecule is Cc1ccccc1C(=O)NC(C(=O)N1CCC(C(=O)NCCc2ccccc2F)CC1)C(C)C. The van der Waals surface area contributed by atoms with E-state index in [2.05, 4.69) is 10.6 Å². The third kappa shape index (κ3) is 6.43. The lowest BCUT2D eigenvalue weighted by Crippen LogP contribution is -2.53. The largest absolute Gasteiger partial charge is 0.356 e. The van der Waals surface area contributed by atoms with Crippen molar-refractivity contribution in [3.63, 3.8) is 0 Å². The van der Waals surface area contributed by atoms with Crippen LogP contribution in [0.2, 0.25) is 0 Å². The molecule has 6 nitrogen and oxygen atoms in total. The molecule has 0 bridgehead atoms. The van der Waals surface area contributed by atoms with Crippen LogP contribution in [0.25, 0.3) is 0 Å². The van der Waals surface area contributed by atoms with E-state index in [1.807, 2.05) is 32.9 Å². The first kappa shape index (κ1) is 25.4. The molecule has 2 aromatic carbocycles. The van der Waals surface area contributed by atoms with Gasteiger partial charge in [-0.25, -0.2) is 4.39 Å². The van der Waals surface area contributed by atoms with Crippen LogP contribution in [-0.4, -0.2) is 48.3 Å². The van der Waals surface area contributed by atoms with Crippen LogP contribution in [0.4, 0.5) is 4.39 Å². The van der Waals surface area contributed by atoms with Gasteiger partial charge in [0.25, 0.3) is 5.91 Å². The number of hydrogen-bond acceptors (Lipinski definition) is 3. The third-order valence-electron chi connectivity index (χ3n) is 6.44. The molecule has 3 amide bonds. The molecule has 0 radical (unpaired) electrons. The van der Waals surface area contributed by atoms with Crippen LogP contribution in [0.15, 0.2) is 48.5 Å². The summed E-state index contributed by atoms with van der Waals surface area (Å²) in [7, 11) is 0. The molecule has 0 aromatic heterocycles. The zero-order chi connectivity index (χ0) is 24.7. The molecular formula is C27H34FN3O3. The Labute approximate surface area is 200 Å². The van der Waals surface area contributed by atoms with E-state index < -0.39 is 6.04 Å². The number of nitrogens with one attached hydrogen (secondary N) is 2. The summed E-state index contributed by atoms with van der Waals surface area (Å²) in [5.74, 6) is -0.942. The van der Waals surface area contributed by atoms with Crippen molar-refractivity contribution < 1.29 is 18.8 Å². The van der Waals surface area contributed by atoms with Gasteiger partial charge in [0.05, 0.1) is 0 Å². The van der Waals surface area contributed by atoms with Gasteiger partial charge in [0.15, 0.2) is 0 Å². The Kier molecular flexibility index (Phi) is 8.79. The number of carbonyl (C=O) groups excluding carboxylic acids is 3. The zero-order valence-corrected chi connectivity index (χ0v) is 20.1. The van der Waals surface area contributed by atoms with Gasteiger partial charge in [-0.2, -0.15) is 0 Å². The van der Waals surface area contributed by atoms with Crippen molar-refractivity contribution in [3.05, 3.63) is 71.0 Å².